The first-order valence-corrected chi connectivity index (χ1v) is 8.22. The lowest BCUT2D eigenvalue weighted by Gasteiger charge is -2.08. The summed E-state index contributed by atoms with van der Waals surface area (Å²) in [5.41, 5.74) is 1.80. The number of rotatable bonds is 4. The lowest BCUT2D eigenvalue weighted by molar-refractivity contribution is 0.591. The van der Waals surface area contributed by atoms with Crippen molar-refractivity contribution in [1.82, 2.24) is 14.3 Å². The van der Waals surface area contributed by atoms with E-state index in [4.69, 9.17) is 11.6 Å². The molecule has 110 valence electrons. The molecule has 6 heteroatoms. The smallest absolute Gasteiger partial charge is 0.259 e. The van der Waals surface area contributed by atoms with E-state index in [9.17, 15) is 4.79 Å². The highest BCUT2D eigenvalue weighted by molar-refractivity contribution is 7.17. The second kappa shape index (κ2) is 5.66. The highest BCUT2D eigenvalue weighted by Crippen LogP contribution is 2.23. The Bertz CT molecular complexity index is 846. The predicted molar refractivity (Wildman–Crippen MR) is 87.5 cm³/mol. The van der Waals surface area contributed by atoms with Crippen molar-refractivity contribution < 1.29 is 0 Å². The highest BCUT2D eigenvalue weighted by atomic mass is 35.5. The molecule has 0 atom stereocenters. The zero-order chi connectivity index (χ0) is 15.0. The standard InChI is InChI=1S/C15H16ClN3OS/c1-3-11-14(16)12(19(4-2)17-11)9-18-7-5-13-10(15(18)20)6-8-21-13/h5-8H,3-4,9H2,1-2H3. The van der Waals surface area contributed by atoms with E-state index in [1.165, 1.54) is 0 Å². The molecule has 0 saturated heterocycles. The normalized spacial score (nSPS) is 11.4. The summed E-state index contributed by atoms with van der Waals surface area (Å²) < 4.78 is 4.59. The fourth-order valence-electron chi connectivity index (χ4n) is 2.46. The van der Waals surface area contributed by atoms with Crippen LogP contribution in [0.25, 0.3) is 10.1 Å². The highest BCUT2D eigenvalue weighted by Gasteiger charge is 2.15. The molecule has 0 spiro atoms. The zero-order valence-corrected chi connectivity index (χ0v) is 13.5. The third-order valence-corrected chi connectivity index (χ3v) is 4.92. The first kappa shape index (κ1) is 14.4. The Morgan fingerprint density at radius 1 is 1.33 bits per heavy atom. The Morgan fingerprint density at radius 2 is 2.14 bits per heavy atom. The molecule has 0 aliphatic carbocycles. The molecule has 0 aromatic carbocycles. The van der Waals surface area contributed by atoms with Gasteiger partial charge in [-0.15, -0.1) is 11.3 Å². The summed E-state index contributed by atoms with van der Waals surface area (Å²) in [6.07, 6.45) is 2.62. The van der Waals surface area contributed by atoms with Gasteiger partial charge in [-0.25, -0.2) is 0 Å². The summed E-state index contributed by atoms with van der Waals surface area (Å²) in [6.45, 7) is 5.24. The van der Waals surface area contributed by atoms with Crippen LogP contribution in [-0.4, -0.2) is 14.3 Å². The van der Waals surface area contributed by atoms with E-state index in [0.29, 0.717) is 11.6 Å². The van der Waals surface area contributed by atoms with Crippen LogP contribution < -0.4 is 5.56 Å². The van der Waals surface area contributed by atoms with Crippen LogP contribution in [-0.2, 0) is 19.5 Å². The van der Waals surface area contributed by atoms with Gasteiger partial charge in [0.2, 0.25) is 0 Å². The number of pyridine rings is 1. The van der Waals surface area contributed by atoms with Crippen LogP contribution in [0.5, 0.6) is 0 Å². The Labute approximate surface area is 131 Å². The summed E-state index contributed by atoms with van der Waals surface area (Å²) in [4.78, 5) is 12.5. The van der Waals surface area contributed by atoms with Crippen molar-refractivity contribution >= 4 is 33.0 Å². The minimum atomic E-state index is 0.0201. The van der Waals surface area contributed by atoms with Gasteiger partial charge in [0.15, 0.2) is 0 Å². The first-order chi connectivity index (χ1) is 10.2. The molecule has 0 aliphatic rings. The van der Waals surface area contributed by atoms with E-state index >= 15 is 0 Å². The SMILES string of the molecule is CCc1nn(CC)c(Cn2ccc3sccc3c2=O)c1Cl. The van der Waals surface area contributed by atoms with E-state index in [1.807, 2.05) is 42.2 Å². The molecular formula is C15H16ClN3OS. The van der Waals surface area contributed by atoms with Crippen LogP contribution in [0.1, 0.15) is 25.2 Å². The topological polar surface area (TPSA) is 39.8 Å². The van der Waals surface area contributed by atoms with Crippen LogP contribution in [0.15, 0.2) is 28.5 Å². The molecule has 21 heavy (non-hydrogen) atoms. The molecule has 3 aromatic rings. The van der Waals surface area contributed by atoms with E-state index in [1.54, 1.807) is 15.9 Å². The number of nitrogens with zero attached hydrogens (tertiary/aromatic N) is 3. The molecule has 0 saturated carbocycles. The maximum atomic E-state index is 12.5. The summed E-state index contributed by atoms with van der Waals surface area (Å²) >= 11 is 7.99. The Balaban J connectivity index is 2.08. The zero-order valence-electron chi connectivity index (χ0n) is 12.0. The average molecular weight is 322 g/mol. The molecule has 3 heterocycles. The minimum Gasteiger partial charge on any atom is -0.309 e. The third-order valence-electron chi connectivity index (χ3n) is 3.61. The second-order valence-corrected chi connectivity index (χ2v) is 6.15. The molecular weight excluding hydrogens is 306 g/mol. The summed E-state index contributed by atoms with van der Waals surface area (Å²) in [5.74, 6) is 0. The van der Waals surface area contributed by atoms with Crippen LogP contribution in [0.2, 0.25) is 5.02 Å². The van der Waals surface area contributed by atoms with Gasteiger partial charge in [-0.1, -0.05) is 18.5 Å². The van der Waals surface area contributed by atoms with Crippen LogP contribution in [0.3, 0.4) is 0 Å². The van der Waals surface area contributed by atoms with Gasteiger partial charge >= 0.3 is 0 Å². The lowest BCUT2D eigenvalue weighted by atomic mass is 10.3. The molecule has 3 aromatic heterocycles. The van der Waals surface area contributed by atoms with Crippen molar-refractivity contribution in [1.29, 1.82) is 0 Å². The van der Waals surface area contributed by atoms with Crippen molar-refractivity contribution in [3.8, 4) is 0 Å². The maximum absolute atomic E-state index is 12.5. The Kier molecular flexibility index (Phi) is 3.87. The predicted octanol–water partition coefficient (Wildman–Crippen LogP) is 3.54. The fourth-order valence-corrected chi connectivity index (χ4v) is 3.56. The molecule has 0 aliphatic heterocycles. The van der Waals surface area contributed by atoms with E-state index in [-0.39, 0.29) is 5.56 Å². The molecule has 3 rings (SSSR count). The van der Waals surface area contributed by atoms with E-state index in [2.05, 4.69) is 5.10 Å². The first-order valence-electron chi connectivity index (χ1n) is 6.96. The number of aryl methyl sites for hydroxylation is 2. The van der Waals surface area contributed by atoms with Gasteiger partial charge in [-0.2, -0.15) is 5.10 Å². The molecule has 0 amide bonds. The van der Waals surface area contributed by atoms with Crippen molar-refractivity contribution in [3.05, 3.63) is 50.5 Å². The van der Waals surface area contributed by atoms with E-state index < -0.39 is 0 Å². The molecule has 0 radical (unpaired) electrons. The minimum absolute atomic E-state index is 0.0201. The van der Waals surface area contributed by atoms with Gasteiger partial charge < -0.3 is 4.57 Å². The van der Waals surface area contributed by atoms with Crippen molar-refractivity contribution in [2.24, 2.45) is 0 Å². The number of aromatic nitrogens is 3. The Morgan fingerprint density at radius 3 is 2.86 bits per heavy atom. The Hall–Kier alpha value is -1.59. The maximum Gasteiger partial charge on any atom is 0.259 e. The number of halogens is 1. The summed E-state index contributed by atoms with van der Waals surface area (Å²) in [6, 6.07) is 3.84. The summed E-state index contributed by atoms with van der Waals surface area (Å²) in [7, 11) is 0. The quantitative estimate of drug-likeness (QED) is 0.737. The van der Waals surface area contributed by atoms with Gasteiger partial charge in [0.25, 0.3) is 5.56 Å². The van der Waals surface area contributed by atoms with Crippen molar-refractivity contribution in [3.63, 3.8) is 0 Å². The number of fused-ring (bicyclic) bond motifs is 1. The van der Waals surface area contributed by atoms with E-state index in [0.717, 1.165) is 34.4 Å². The number of hydrogen-bond acceptors (Lipinski definition) is 3. The van der Waals surface area contributed by atoms with Crippen LogP contribution in [0, 0.1) is 0 Å². The third kappa shape index (κ3) is 2.40. The largest absolute Gasteiger partial charge is 0.309 e. The monoisotopic (exact) mass is 321 g/mol. The second-order valence-electron chi connectivity index (χ2n) is 4.82. The van der Waals surface area contributed by atoms with Crippen LogP contribution >= 0.6 is 22.9 Å². The molecule has 0 unspecified atom stereocenters. The fraction of sp³-hybridized carbons (Fsp3) is 0.333. The molecule has 0 fully saturated rings. The summed E-state index contributed by atoms with van der Waals surface area (Å²) in [5, 5.41) is 7.87. The molecule has 4 nitrogen and oxygen atoms in total. The average Bonchev–Trinajstić information content (AvgIpc) is 3.08. The number of thiophene rings is 1. The van der Waals surface area contributed by atoms with Crippen molar-refractivity contribution in [2.75, 3.05) is 0 Å². The number of hydrogen-bond donors (Lipinski definition) is 0. The molecule has 0 bridgehead atoms. The van der Waals surface area contributed by atoms with Gasteiger partial charge in [0.05, 0.1) is 28.3 Å². The van der Waals surface area contributed by atoms with Crippen LogP contribution in [0.4, 0.5) is 0 Å². The lowest BCUT2D eigenvalue weighted by Crippen LogP contribution is -2.21. The molecule has 0 N–H and O–H groups in total. The van der Waals surface area contributed by atoms with Gasteiger partial charge in [0, 0.05) is 17.4 Å². The van der Waals surface area contributed by atoms with Gasteiger partial charge in [0.1, 0.15) is 0 Å². The van der Waals surface area contributed by atoms with Gasteiger partial charge in [-0.3, -0.25) is 9.48 Å². The van der Waals surface area contributed by atoms with Gasteiger partial charge in [-0.05, 0) is 30.9 Å². The van der Waals surface area contributed by atoms with Crippen molar-refractivity contribution in [2.45, 2.75) is 33.4 Å².